The fourth-order valence-electron chi connectivity index (χ4n) is 1.75. The van der Waals surface area contributed by atoms with Gasteiger partial charge < -0.3 is 0 Å². The predicted octanol–water partition coefficient (Wildman–Crippen LogP) is 3.02. The molecular formula is C13H11ClN4OS. The Bertz CT molecular complexity index is 750. The highest BCUT2D eigenvalue weighted by Gasteiger charge is 2.15. The standard InChI is InChI=1S/C13H11ClN4OS/c1-8(14)11(19)15-12-16-13-18(17-12)10(7-20-13)9-5-3-2-4-6-9/h2-8H,1H3,(H,15,17,19). The lowest BCUT2D eigenvalue weighted by Gasteiger charge is -2.01. The number of nitrogens with zero attached hydrogens (tertiary/aromatic N) is 3. The summed E-state index contributed by atoms with van der Waals surface area (Å²) < 4.78 is 1.72. The van der Waals surface area contributed by atoms with Crippen molar-refractivity contribution >= 4 is 39.8 Å². The molecule has 0 fully saturated rings. The largest absolute Gasteiger partial charge is 0.292 e. The second kappa shape index (κ2) is 5.22. The summed E-state index contributed by atoms with van der Waals surface area (Å²) in [5, 5.41) is 8.25. The molecule has 0 saturated carbocycles. The molecule has 0 radical (unpaired) electrons. The number of hydrogen-bond acceptors (Lipinski definition) is 4. The van der Waals surface area contributed by atoms with Crippen molar-refractivity contribution < 1.29 is 4.79 Å². The van der Waals surface area contributed by atoms with Crippen LogP contribution in [0.4, 0.5) is 5.95 Å². The van der Waals surface area contributed by atoms with Gasteiger partial charge in [-0.3, -0.25) is 10.1 Å². The number of fused-ring (bicyclic) bond motifs is 1. The molecule has 1 amide bonds. The number of aromatic nitrogens is 3. The zero-order valence-corrected chi connectivity index (χ0v) is 12.1. The van der Waals surface area contributed by atoms with Gasteiger partial charge in [0.05, 0.1) is 5.69 Å². The van der Waals surface area contributed by atoms with Gasteiger partial charge in [-0.05, 0) is 6.92 Å². The second-order valence-corrected chi connectivity index (χ2v) is 5.71. The molecule has 3 aromatic rings. The number of alkyl halides is 1. The molecule has 7 heteroatoms. The van der Waals surface area contributed by atoms with E-state index in [0.29, 0.717) is 0 Å². The summed E-state index contributed by atoms with van der Waals surface area (Å²) >= 11 is 7.18. The SMILES string of the molecule is CC(Cl)C(=O)Nc1nc2scc(-c3ccccc3)n2n1. The first-order chi connectivity index (χ1) is 9.65. The van der Waals surface area contributed by atoms with Crippen molar-refractivity contribution in [1.82, 2.24) is 14.6 Å². The number of carbonyl (C=O) groups excluding carboxylic acids is 1. The Hall–Kier alpha value is -1.92. The molecule has 0 bridgehead atoms. The van der Waals surface area contributed by atoms with Crippen LogP contribution >= 0.6 is 22.9 Å². The molecule has 0 saturated heterocycles. The summed E-state index contributed by atoms with van der Waals surface area (Å²) in [4.78, 5) is 16.5. The number of halogens is 1. The van der Waals surface area contributed by atoms with E-state index in [9.17, 15) is 4.79 Å². The molecule has 1 N–H and O–H groups in total. The third kappa shape index (κ3) is 2.39. The van der Waals surface area contributed by atoms with Crippen LogP contribution in [0, 0.1) is 0 Å². The van der Waals surface area contributed by atoms with Gasteiger partial charge in [0.15, 0.2) is 0 Å². The topological polar surface area (TPSA) is 59.3 Å². The van der Waals surface area contributed by atoms with E-state index in [-0.39, 0.29) is 11.9 Å². The average Bonchev–Trinajstić information content (AvgIpc) is 2.99. The van der Waals surface area contributed by atoms with E-state index in [2.05, 4.69) is 15.4 Å². The predicted molar refractivity (Wildman–Crippen MR) is 80.2 cm³/mol. The van der Waals surface area contributed by atoms with Crippen molar-refractivity contribution in [3.63, 3.8) is 0 Å². The number of anilines is 1. The minimum atomic E-state index is -0.620. The van der Waals surface area contributed by atoms with Gasteiger partial charge in [0.25, 0.3) is 5.95 Å². The number of hydrogen-bond donors (Lipinski definition) is 1. The maximum atomic E-state index is 11.5. The van der Waals surface area contributed by atoms with Gasteiger partial charge in [-0.1, -0.05) is 30.3 Å². The third-order valence-corrected chi connectivity index (χ3v) is 3.76. The molecule has 1 atom stereocenters. The van der Waals surface area contributed by atoms with E-state index in [1.165, 1.54) is 11.3 Å². The highest BCUT2D eigenvalue weighted by atomic mass is 35.5. The Morgan fingerprint density at radius 2 is 2.15 bits per heavy atom. The van der Waals surface area contributed by atoms with Gasteiger partial charge in [0.2, 0.25) is 10.9 Å². The van der Waals surface area contributed by atoms with Crippen LogP contribution in [0.1, 0.15) is 6.92 Å². The van der Waals surface area contributed by atoms with Crippen molar-refractivity contribution in [3.8, 4) is 11.3 Å². The Labute approximate surface area is 124 Å². The van der Waals surface area contributed by atoms with Crippen molar-refractivity contribution in [1.29, 1.82) is 0 Å². The monoisotopic (exact) mass is 306 g/mol. The van der Waals surface area contributed by atoms with Gasteiger partial charge in [-0.25, -0.2) is 4.52 Å². The lowest BCUT2D eigenvalue weighted by atomic mass is 10.2. The minimum absolute atomic E-state index is 0.270. The van der Waals surface area contributed by atoms with Gasteiger partial charge in [0, 0.05) is 10.9 Å². The van der Waals surface area contributed by atoms with Crippen LogP contribution in [0.5, 0.6) is 0 Å². The van der Waals surface area contributed by atoms with Crippen molar-refractivity contribution in [2.45, 2.75) is 12.3 Å². The quantitative estimate of drug-likeness (QED) is 0.757. The van der Waals surface area contributed by atoms with Crippen molar-refractivity contribution in [2.24, 2.45) is 0 Å². The number of amides is 1. The lowest BCUT2D eigenvalue weighted by molar-refractivity contribution is -0.115. The fraction of sp³-hybridized carbons (Fsp3) is 0.154. The van der Waals surface area contributed by atoms with Crippen molar-refractivity contribution in [3.05, 3.63) is 35.7 Å². The maximum absolute atomic E-state index is 11.5. The summed E-state index contributed by atoms with van der Waals surface area (Å²) in [7, 11) is 0. The number of benzene rings is 1. The molecule has 102 valence electrons. The average molecular weight is 307 g/mol. The summed E-state index contributed by atoms with van der Waals surface area (Å²) in [6.07, 6.45) is 0. The fourth-order valence-corrected chi connectivity index (χ4v) is 2.64. The van der Waals surface area contributed by atoms with E-state index < -0.39 is 5.38 Å². The van der Waals surface area contributed by atoms with Crippen LogP contribution in [-0.4, -0.2) is 25.9 Å². The molecule has 3 rings (SSSR count). The molecule has 0 aliphatic heterocycles. The van der Waals surface area contributed by atoms with E-state index in [0.717, 1.165) is 16.2 Å². The van der Waals surface area contributed by atoms with E-state index in [1.807, 2.05) is 35.7 Å². The Kier molecular flexibility index (Phi) is 3.42. The highest BCUT2D eigenvalue weighted by molar-refractivity contribution is 7.15. The van der Waals surface area contributed by atoms with Crippen LogP contribution in [0.2, 0.25) is 0 Å². The first-order valence-electron chi connectivity index (χ1n) is 6.00. The zero-order valence-electron chi connectivity index (χ0n) is 10.6. The molecule has 5 nitrogen and oxygen atoms in total. The van der Waals surface area contributed by atoms with Crippen LogP contribution in [-0.2, 0) is 4.79 Å². The molecule has 1 unspecified atom stereocenters. The number of thiazole rings is 1. The van der Waals surface area contributed by atoms with Crippen LogP contribution in [0.15, 0.2) is 35.7 Å². The zero-order chi connectivity index (χ0) is 14.1. The summed E-state index contributed by atoms with van der Waals surface area (Å²) in [6, 6.07) is 9.90. The normalized spacial score (nSPS) is 12.5. The van der Waals surface area contributed by atoms with Crippen LogP contribution in [0.25, 0.3) is 16.2 Å². The van der Waals surface area contributed by atoms with E-state index in [1.54, 1.807) is 11.4 Å². The van der Waals surface area contributed by atoms with Crippen molar-refractivity contribution in [2.75, 3.05) is 5.32 Å². The van der Waals surface area contributed by atoms with E-state index in [4.69, 9.17) is 11.6 Å². The van der Waals surface area contributed by atoms with Crippen LogP contribution in [0.3, 0.4) is 0 Å². The number of rotatable bonds is 3. The van der Waals surface area contributed by atoms with Gasteiger partial charge >= 0.3 is 0 Å². The first-order valence-corrected chi connectivity index (χ1v) is 7.31. The molecule has 0 aliphatic carbocycles. The number of carbonyl (C=O) groups is 1. The number of nitrogens with one attached hydrogen (secondary N) is 1. The van der Waals surface area contributed by atoms with Crippen LogP contribution < -0.4 is 5.32 Å². The molecule has 20 heavy (non-hydrogen) atoms. The maximum Gasteiger partial charge on any atom is 0.250 e. The van der Waals surface area contributed by atoms with Gasteiger partial charge in [-0.15, -0.1) is 28.0 Å². The Morgan fingerprint density at radius 3 is 2.85 bits per heavy atom. The first kappa shape index (κ1) is 13.1. The summed E-state index contributed by atoms with van der Waals surface area (Å²) in [5.74, 6) is -0.0438. The van der Waals surface area contributed by atoms with Gasteiger partial charge in [-0.2, -0.15) is 4.98 Å². The van der Waals surface area contributed by atoms with Gasteiger partial charge in [0.1, 0.15) is 5.38 Å². The molecule has 0 aliphatic rings. The second-order valence-electron chi connectivity index (χ2n) is 4.22. The molecule has 2 heterocycles. The summed E-state index contributed by atoms with van der Waals surface area (Å²) in [5.41, 5.74) is 1.99. The molecule has 1 aromatic carbocycles. The third-order valence-electron chi connectivity index (χ3n) is 2.75. The summed E-state index contributed by atoms with van der Waals surface area (Å²) in [6.45, 7) is 1.60. The highest BCUT2D eigenvalue weighted by Crippen LogP contribution is 2.25. The Morgan fingerprint density at radius 1 is 1.40 bits per heavy atom. The lowest BCUT2D eigenvalue weighted by Crippen LogP contribution is -2.21. The minimum Gasteiger partial charge on any atom is -0.292 e. The molecular weight excluding hydrogens is 296 g/mol. The smallest absolute Gasteiger partial charge is 0.250 e. The molecule has 0 spiro atoms. The van der Waals surface area contributed by atoms with E-state index >= 15 is 0 Å². The molecule has 2 aromatic heterocycles. The Balaban J connectivity index is 1.97.